The number of aliphatic carboxylic acids is 1. The smallest absolute Gasteiger partial charge is 0.326 e. The van der Waals surface area contributed by atoms with Gasteiger partial charge in [-0.2, -0.15) is 0 Å². The summed E-state index contributed by atoms with van der Waals surface area (Å²) >= 11 is 0. The first-order chi connectivity index (χ1) is 8.47. The van der Waals surface area contributed by atoms with Gasteiger partial charge in [-0.25, -0.2) is 9.59 Å². The van der Waals surface area contributed by atoms with Gasteiger partial charge in [0.25, 0.3) is 0 Å². The Bertz CT molecular complexity index is 332. The van der Waals surface area contributed by atoms with Crippen molar-refractivity contribution in [1.29, 1.82) is 0 Å². The SMILES string of the molecule is C=CCCCN(C)C(=O)N1CC(O)CC1C(=O)O. The molecule has 18 heavy (non-hydrogen) atoms. The molecule has 0 aliphatic carbocycles. The van der Waals surface area contributed by atoms with E-state index >= 15 is 0 Å². The summed E-state index contributed by atoms with van der Waals surface area (Å²) in [5, 5.41) is 18.5. The Balaban J connectivity index is 2.58. The van der Waals surface area contributed by atoms with Crippen LogP contribution in [0.3, 0.4) is 0 Å². The third-order valence-electron chi connectivity index (χ3n) is 3.04. The van der Waals surface area contributed by atoms with E-state index in [9.17, 15) is 14.7 Å². The van der Waals surface area contributed by atoms with Crippen LogP contribution in [0.25, 0.3) is 0 Å². The topological polar surface area (TPSA) is 81.1 Å². The second-order valence-electron chi connectivity index (χ2n) is 4.53. The van der Waals surface area contributed by atoms with Crippen molar-refractivity contribution in [2.45, 2.75) is 31.4 Å². The molecule has 2 atom stereocenters. The summed E-state index contributed by atoms with van der Waals surface area (Å²) in [6, 6.07) is -1.27. The number of allylic oxidation sites excluding steroid dienone is 1. The fraction of sp³-hybridized carbons (Fsp3) is 0.667. The van der Waals surface area contributed by atoms with Gasteiger partial charge in [-0.05, 0) is 12.8 Å². The average Bonchev–Trinajstić information content (AvgIpc) is 2.70. The Hall–Kier alpha value is -1.56. The van der Waals surface area contributed by atoms with Crippen molar-refractivity contribution in [1.82, 2.24) is 9.80 Å². The number of carbonyl (C=O) groups excluding carboxylic acids is 1. The van der Waals surface area contributed by atoms with Gasteiger partial charge in [-0.1, -0.05) is 6.08 Å². The molecule has 0 aromatic carbocycles. The predicted molar refractivity (Wildman–Crippen MR) is 66.2 cm³/mol. The van der Waals surface area contributed by atoms with Crippen LogP contribution >= 0.6 is 0 Å². The molecule has 102 valence electrons. The largest absolute Gasteiger partial charge is 0.480 e. The van der Waals surface area contributed by atoms with Crippen LogP contribution < -0.4 is 0 Å². The van der Waals surface area contributed by atoms with E-state index in [4.69, 9.17) is 5.11 Å². The second-order valence-corrected chi connectivity index (χ2v) is 4.53. The van der Waals surface area contributed by atoms with Crippen LogP contribution in [0.1, 0.15) is 19.3 Å². The van der Waals surface area contributed by atoms with Crippen LogP contribution in [0, 0.1) is 0 Å². The second kappa shape index (κ2) is 6.39. The number of aliphatic hydroxyl groups excluding tert-OH is 1. The fourth-order valence-electron chi connectivity index (χ4n) is 2.05. The molecule has 0 bridgehead atoms. The van der Waals surface area contributed by atoms with Gasteiger partial charge in [0.15, 0.2) is 0 Å². The maximum Gasteiger partial charge on any atom is 0.326 e. The summed E-state index contributed by atoms with van der Waals surface area (Å²) in [5.74, 6) is -1.07. The third kappa shape index (κ3) is 3.46. The van der Waals surface area contributed by atoms with Crippen molar-refractivity contribution in [3.8, 4) is 0 Å². The first-order valence-electron chi connectivity index (χ1n) is 6.01. The molecule has 0 radical (unpaired) electrons. The number of hydrogen-bond acceptors (Lipinski definition) is 3. The lowest BCUT2D eigenvalue weighted by Gasteiger charge is -2.27. The van der Waals surface area contributed by atoms with Gasteiger partial charge in [0.05, 0.1) is 6.10 Å². The lowest BCUT2D eigenvalue weighted by molar-refractivity contribution is -0.141. The quantitative estimate of drug-likeness (QED) is 0.555. The minimum Gasteiger partial charge on any atom is -0.480 e. The zero-order valence-corrected chi connectivity index (χ0v) is 10.6. The summed E-state index contributed by atoms with van der Waals surface area (Å²) in [4.78, 5) is 25.8. The van der Waals surface area contributed by atoms with Gasteiger partial charge in [0.1, 0.15) is 6.04 Å². The molecule has 6 nitrogen and oxygen atoms in total. The molecule has 0 aromatic heterocycles. The Labute approximate surface area is 106 Å². The van der Waals surface area contributed by atoms with E-state index in [1.165, 1.54) is 9.80 Å². The molecule has 1 fully saturated rings. The molecule has 0 spiro atoms. The van der Waals surface area contributed by atoms with Crippen LogP contribution in [0.4, 0.5) is 4.79 Å². The molecule has 2 unspecified atom stereocenters. The van der Waals surface area contributed by atoms with Crippen LogP contribution in [0.2, 0.25) is 0 Å². The van der Waals surface area contributed by atoms with Crippen LogP contribution in [0.15, 0.2) is 12.7 Å². The highest BCUT2D eigenvalue weighted by Gasteiger charge is 2.39. The van der Waals surface area contributed by atoms with Gasteiger partial charge in [-0.15, -0.1) is 6.58 Å². The Morgan fingerprint density at radius 3 is 2.78 bits per heavy atom. The molecular formula is C12H20N2O4. The van der Waals surface area contributed by atoms with Crippen LogP contribution in [0.5, 0.6) is 0 Å². The number of urea groups is 1. The maximum absolute atomic E-state index is 12.1. The number of carbonyl (C=O) groups is 2. The molecule has 1 rings (SSSR count). The molecule has 6 heteroatoms. The van der Waals surface area contributed by atoms with Gasteiger partial charge in [0, 0.05) is 26.6 Å². The van der Waals surface area contributed by atoms with E-state index < -0.39 is 18.1 Å². The number of carboxylic acid groups (broad SMARTS) is 1. The molecule has 2 amide bonds. The molecule has 2 N–H and O–H groups in total. The van der Waals surface area contributed by atoms with Crippen LogP contribution in [-0.4, -0.2) is 64.3 Å². The van der Waals surface area contributed by atoms with E-state index in [1.54, 1.807) is 13.1 Å². The number of aliphatic hydroxyl groups is 1. The van der Waals surface area contributed by atoms with Gasteiger partial charge in [0.2, 0.25) is 0 Å². The van der Waals surface area contributed by atoms with Gasteiger partial charge >= 0.3 is 12.0 Å². The zero-order chi connectivity index (χ0) is 13.7. The maximum atomic E-state index is 12.1. The van der Waals surface area contributed by atoms with Crippen molar-refractivity contribution < 1.29 is 19.8 Å². The number of β-amino-alcohol motifs (C(OH)–C–C–N with tert-alkyl or cyclic N) is 1. The van der Waals surface area contributed by atoms with Crippen molar-refractivity contribution in [3.05, 3.63) is 12.7 Å². The van der Waals surface area contributed by atoms with E-state index in [1.807, 2.05) is 0 Å². The van der Waals surface area contributed by atoms with Crippen molar-refractivity contribution in [3.63, 3.8) is 0 Å². The highest BCUT2D eigenvalue weighted by Crippen LogP contribution is 2.19. The summed E-state index contributed by atoms with van der Waals surface area (Å²) in [7, 11) is 1.63. The lowest BCUT2D eigenvalue weighted by Crippen LogP contribution is -2.47. The van der Waals surface area contributed by atoms with Crippen molar-refractivity contribution in [2.24, 2.45) is 0 Å². The number of carboxylic acids is 1. The van der Waals surface area contributed by atoms with E-state index in [0.29, 0.717) is 6.54 Å². The Morgan fingerprint density at radius 1 is 1.56 bits per heavy atom. The molecule has 1 aliphatic heterocycles. The minimum absolute atomic E-state index is 0.0849. The Kier molecular flexibility index (Phi) is 5.15. The van der Waals surface area contributed by atoms with E-state index in [0.717, 1.165) is 12.8 Å². The molecule has 1 aliphatic rings. The molecule has 0 aromatic rings. The number of rotatable bonds is 5. The predicted octanol–water partition coefficient (Wildman–Crippen LogP) is 0.524. The average molecular weight is 256 g/mol. The molecule has 1 saturated heterocycles. The molecule has 1 heterocycles. The number of nitrogens with zero attached hydrogens (tertiary/aromatic N) is 2. The van der Waals surface area contributed by atoms with Crippen LogP contribution in [-0.2, 0) is 4.79 Å². The summed E-state index contributed by atoms with van der Waals surface area (Å²) in [6.45, 7) is 4.23. The number of unbranched alkanes of at least 4 members (excludes halogenated alkanes) is 1. The molecular weight excluding hydrogens is 236 g/mol. The Morgan fingerprint density at radius 2 is 2.22 bits per heavy atom. The van der Waals surface area contributed by atoms with Gasteiger partial charge < -0.3 is 20.0 Å². The minimum atomic E-state index is -1.07. The highest BCUT2D eigenvalue weighted by atomic mass is 16.4. The van der Waals surface area contributed by atoms with E-state index in [2.05, 4.69) is 6.58 Å². The summed E-state index contributed by atoms with van der Waals surface area (Å²) in [5.41, 5.74) is 0. The number of likely N-dealkylation sites (tertiary alicyclic amines) is 1. The van der Waals surface area contributed by atoms with Crippen molar-refractivity contribution in [2.75, 3.05) is 20.1 Å². The monoisotopic (exact) mass is 256 g/mol. The fourth-order valence-corrected chi connectivity index (χ4v) is 2.05. The standard InChI is InChI=1S/C12H20N2O4/c1-3-4-5-6-13(2)12(18)14-8-9(15)7-10(14)11(16)17/h3,9-10,15H,1,4-8H2,2H3,(H,16,17). The zero-order valence-electron chi connectivity index (χ0n) is 10.6. The third-order valence-corrected chi connectivity index (χ3v) is 3.04. The first-order valence-corrected chi connectivity index (χ1v) is 6.01. The molecule has 0 saturated carbocycles. The normalized spacial score (nSPS) is 22.9. The number of hydrogen-bond donors (Lipinski definition) is 2. The number of amides is 2. The summed E-state index contributed by atoms with van der Waals surface area (Å²) in [6.07, 6.45) is 2.72. The first kappa shape index (κ1) is 14.5. The van der Waals surface area contributed by atoms with E-state index in [-0.39, 0.29) is 19.0 Å². The lowest BCUT2D eigenvalue weighted by atomic mass is 10.2. The van der Waals surface area contributed by atoms with Gasteiger partial charge in [-0.3, -0.25) is 0 Å². The van der Waals surface area contributed by atoms with Crippen molar-refractivity contribution >= 4 is 12.0 Å². The highest BCUT2D eigenvalue weighted by molar-refractivity contribution is 5.83. The summed E-state index contributed by atoms with van der Waals surface area (Å²) < 4.78 is 0.